The number of nitrogens with one attached hydrogen (secondary N) is 1. The van der Waals surface area contributed by atoms with Gasteiger partial charge >= 0.3 is 5.97 Å². The van der Waals surface area contributed by atoms with Crippen molar-refractivity contribution in [1.82, 2.24) is 15.0 Å². The third kappa shape index (κ3) is 2.60. The summed E-state index contributed by atoms with van der Waals surface area (Å²) in [6.07, 6.45) is 4.68. The van der Waals surface area contributed by atoms with Gasteiger partial charge in [0.15, 0.2) is 0 Å². The molecule has 0 bridgehead atoms. The van der Waals surface area contributed by atoms with Crippen molar-refractivity contribution in [1.29, 1.82) is 0 Å². The van der Waals surface area contributed by atoms with E-state index in [0.717, 1.165) is 11.3 Å². The maximum atomic E-state index is 10.8. The van der Waals surface area contributed by atoms with E-state index in [0.29, 0.717) is 11.6 Å². The van der Waals surface area contributed by atoms with Crippen molar-refractivity contribution in [2.24, 2.45) is 0 Å². The van der Waals surface area contributed by atoms with E-state index in [1.54, 1.807) is 19.3 Å². The summed E-state index contributed by atoms with van der Waals surface area (Å²) >= 11 is 0. The van der Waals surface area contributed by atoms with Crippen LogP contribution in [0.2, 0.25) is 0 Å². The number of carboxylic acid groups (broad SMARTS) is 1. The van der Waals surface area contributed by atoms with Gasteiger partial charge in [0.25, 0.3) is 0 Å². The molecule has 0 saturated heterocycles. The minimum Gasteiger partial charge on any atom is -0.478 e. The second kappa shape index (κ2) is 4.79. The van der Waals surface area contributed by atoms with Gasteiger partial charge in [-0.1, -0.05) is 0 Å². The topological polar surface area (TPSA) is 88.0 Å². The first-order valence-corrected chi connectivity index (χ1v) is 5.32. The van der Waals surface area contributed by atoms with Crippen LogP contribution >= 0.6 is 0 Å². The van der Waals surface area contributed by atoms with E-state index in [1.807, 2.05) is 13.0 Å². The standard InChI is InChI=1S/C12H12N4O2/c1-7-3-9(5-13-4-7)16-12-14-6-10(11(17)18)8(2)15-12/h3-6H,1-2H3,(H,17,18)(H,14,15,16). The highest BCUT2D eigenvalue weighted by atomic mass is 16.4. The van der Waals surface area contributed by atoms with Crippen LogP contribution in [0.1, 0.15) is 21.6 Å². The number of aryl methyl sites for hydroxylation is 2. The molecule has 2 rings (SSSR count). The van der Waals surface area contributed by atoms with E-state index in [-0.39, 0.29) is 5.56 Å². The van der Waals surface area contributed by atoms with Crippen molar-refractivity contribution >= 4 is 17.6 Å². The molecule has 0 spiro atoms. The van der Waals surface area contributed by atoms with Gasteiger partial charge in [-0.25, -0.2) is 14.8 Å². The summed E-state index contributed by atoms with van der Waals surface area (Å²) in [5.41, 5.74) is 2.29. The number of rotatable bonds is 3. The largest absolute Gasteiger partial charge is 0.478 e. The van der Waals surface area contributed by atoms with Crippen LogP contribution in [0.25, 0.3) is 0 Å². The smallest absolute Gasteiger partial charge is 0.339 e. The minimum atomic E-state index is -1.03. The Morgan fingerprint density at radius 3 is 2.67 bits per heavy atom. The summed E-state index contributed by atoms with van der Waals surface area (Å²) in [5.74, 6) is -0.679. The van der Waals surface area contributed by atoms with Gasteiger partial charge in [0, 0.05) is 12.4 Å². The molecule has 0 aromatic carbocycles. The van der Waals surface area contributed by atoms with Crippen LogP contribution in [0, 0.1) is 13.8 Å². The second-order valence-corrected chi connectivity index (χ2v) is 3.87. The lowest BCUT2D eigenvalue weighted by Gasteiger charge is -2.06. The Bertz CT molecular complexity index is 598. The zero-order chi connectivity index (χ0) is 13.1. The third-order valence-corrected chi connectivity index (χ3v) is 2.34. The molecule has 0 saturated carbocycles. The number of aromatic carboxylic acids is 1. The molecule has 0 radical (unpaired) electrons. The molecular formula is C12H12N4O2. The molecule has 0 amide bonds. The van der Waals surface area contributed by atoms with Crippen LogP contribution < -0.4 is 5.32 Å². The molecular weight excluding hydrogens is 232 g/mol. The van der Waals surface area contributed by atoms with Gasteiger partial charge in [0.1, 0.15) is 0 Å². The van der Waals surface area contributed by atoms with Crippen molar-refractivity contribution in [2.45, 2.75) is 13.8 Å². The number of hydrogen-bond acceptors (Lipinski definition) is 5. The summed E-state index contributed by atoms with van der Waals surface area (Å²) in [4.78, 5) is 22.9. The van der Waals surface area contributed by atoms with Crippen LogP contribution in [0.5, 0.6) is 0 Å². The molecule has 0 aliphatic heterocycles. The van der Waals surface area contributed by atoms with E-state index < -0.39 is 5.97 Å². The van der Waals surface area contributed by atoms with Gasteiger partial charge in [-0.3, -0.25) is 4.98 Å². The number of carboxylic acids is 1. The average Bonchev–Trinajstić information content (AvgIpc) is 2.28. The van der Waals surface area contributed by atoms with E-state index in [1.165, 1.54) is 6.20 Å². The molecule has 2 heterocycles. The van der Waals surface area contributed by atoms with E-state index in [4.69, 9.17) is 5.11 Å². The summed E-state index contributed by atoms with van der Waals surface area (Å²) in [6, 6.07) is 1.90. The molecule has 0 aliphatic carbocycles. The quantitative estimate of drug-likeness (QED) is 0.857. The zero-order valence-electron chi connectivity index (χ0n) is 10.0. The molecule has 2 aromatic heterocycles. The van der Waals surface area contributed by atoms with Gasteiger partial charge in [0.05, 0.1) is 23.1 Å². The number of pyridine rings is 1. The molecule has 0 atom stereocenters. The van der Waals surface area contributed by atoms with E-state index in [9.17, 15) is 4.79 Å². The molecule has 2 aromatic rings. The van der Waals surface area contributed by atoms with Crippen molar-refractivity contribution in [3.05, 3.63) is 41.5 Å². The Kier molecular flexibility index (Phi) is 3.18. The molecule has 18 heavy (non-hydrogen) atoms. The normalized spacial score (nSPS) is 10.1. The fraction of sp³-hybridized carbons (Fsp3) is 0.167. The average molecular weight is 244 g/mol. The Hall–Kier alpha value is -2.50. The number of anilines is 2. The maximum Gasteiger partial charge on any atom is 0.339 e. The fourth-order valence-electron chi connectivity index (χ4n) is 1.49. The predicted octanol–water partition coefficient (Wildman–Crippen LogP) is 1.93. The van der Waals surface area contributed by atoms with Gasteiger partial charge in [-0.2, -0.15) is 0 Å². The first-order valence-electron chi connectivity index (χ1n) is 5.32. The molecule has 2 N–H and O–H groups in total. The molecule has 0 aliphatic rings. The number of nitrogens with zero attached hydrogens (tertiary/aromatic N) is 3. The highest BCUT2D eigenvalue weighted by molar-refractivity contribution is 5.88. The molecule has 0 fully saturated rings. The third-order valence-electron chi connectivity index (χ3n) is 2.34. The first-order chi connectivity index (χ1) is 8.56. The number of aromatic nitrogens is 3. The van der Waals surface area contributed by atoms with Crippen molar-refractivity contribution in [3.8, 4) is 0 Å². The summed E-state index contributed by atoms with van der Waals surface area (Å²) < 4.78 is 0. The lowest BCUT2D eigenvalue weighted by molar-refractivity contribution is 0.0695. The fourth-order valence-corrected chi connectivity index (χ4v) is 1.49. The molecule has 6 heteroatoms. The summed E-state index contributed by atoms with van der Waals surface area (Å²) in [7, 11) is 0. The highest BCUT2D eigenvalue weighted by Crippen LogP contribution is 2.14. The Morgan fingerprint density at radius 2 is 2.06 bits per heavy atom. The predicted molar refractivity (Wildman–Crippen MR) is 66.0 cm³/mol. The van der Waals surface area contributed by atoms with Crippen LogP contribution in [-0.4, -0.2) is 26.0 Å². The van der Waals surface area contributed by atoms with Crippen LogP contribution in [0.4, 0.5) is 11.6 Å². The van der Waals surface area contributed by atoms with Crippen molar-refractivity contribution in [3.63, 3.8) is 0 Å². The molecule has 0 unspecified atom stereocenters. The maximum absolute atomic E-state index is 10.8. The summed E-state index contributed by atoms with van der Waals surface area (Å²) in [5, 5.41) is 11.8. The van der Waals surface area contributed by atoms with Gasteiger partial charge in [0.2, 0.25) is 5.95 Å². The monoisotopic (exact) mass is 244 g/mol. The second-order valence-electron chi connectivity index (χ2n) is 3.87. The van der Waals surface area contributed by atoms with Crippen LogP contribution in [-0.2, 0) is 0 Å². The molecule has 92 valence electrons. The lowest BCUT2D eigenvalue weighted by Crippen LogP contribution is -2.06. The first kappa shape index (κ1) is 12.0. The lowest BCUT2D eigenvalue weighted by atomic mass is 10.2. The summed E-state index contributed by atoms with van der Waals surface area (Å²) in [6.45, 7) is 3.56. The Labute approximate surface area is 104 Å². The zero-order valence-corrected chi connectivity index (χ0v) is 10.0. The van der Waals surface area contributed by atoms with Gasteiger partial charge < -0.3 is 10.4 Å². The Morgan fingerprint density at radius 1 is 1.28 bits per heavy atom. The van der Waals surface area contributed by atoms with Crippen molar-refractivity contribution < 1.29 is 9.90 Å². The van der Waals surface area contributed by atoms with Gasteiger partial charge in [-0.15, -0.1) is 0 Å². The minimum absolute atomic E-state index is 0.0999. The number of carbonyl (C=O) groups is 1. The molecule has 6 nitrogen and oxygen atoms in total. The Balaban J connectivity index is 2.25. The van der Waals surface area contributed by atoms with Crippen LogP contribution in [0.15, 0.2) is 24.7 Å². The highest BCUT2D eigenvalue weighted by Gasteiger charge is 2.09. The number of hydrogen-bond donors (Lipinski definition) is 2. The van der Waals surface area contributed by atoms with E-state index >= 15 is 0 Å². The van der Waals surface area contributed by atoms with Crippen LogP contribution in [0.3, 0.4) is 0 Å². The van der Waals surface area contributed by atoms with E-state index in [2.05, 4.69) is 20.3 Å². The van der Waals surface area contributed by atoms with Crippen molar-refractivity contribution in [2.75, 3.05) is 5.32 Å². The van der Waals surface area contributed by atoms with Gasteiger partial charge in [-0.05, 0) is 25.5 Å². The SMILES string of the molecule is Cc1cncc(Nc2ncc(C(=O)O)c(C)n2)c1.